The molecule has 3 aromatic rings. The molecule has 0 unspecified atom stereocenters. The average Bonchev–Trinajstić information content (AvgIpc) is 3.29. The van der Waals surface area contributed by atoms with E-state index in [1.165, 1.54) is 18.1 Å². The molecule has 25 heavy (non-hydrogen) atoms. The number of carbonyl (C=O) groups excluding carboxylic acids is 1. The van der Waals surface area contributed by atoms with Gasteiger partial charge in [0.1, 0.15) is 12.1 Å². The zero-order valence-electron chi connectivity index (χ0n) is 13.7. The van der Waals surface area contributed by atoms with Crippen LogP contribution in [0, 0.1) is 6.92 Å². The van der Waals surface area contributed by atoms with E-state index in [0.717, 1.165) is 11.3 Å². The number of rotatable bonds is 8. The van der Waals surface area contributed by atoms with Crippen molar-refractivity contribution in [3.63, 3.8) is 0 Å². The highest BCUT2D eigenvalue weighted by Crippen LogP contribution is 2.20. The Morgan fingerprint density at radius 2 is 2.24 bits per heavy atom. The summed E-state index contributed by atoms with van der Waals surface area (Å²) in [5, 5.41) is 13.3. The third-order valence-electron chi connectivity index (χ3n) is 3.38. The van der Waals surface area contributed by atoms with Gasteiger partial charge in [0, 0.05) is 31.2 Å². The lowest BCUT2D eigenvalue weighted by molar-refractivity contribution is 0.0926. The lowest BCUT2D eigenvalue weighted by Crippen LogP contribution is -2.28. The fraction of sp³-hybridized carbons (Fsp3) is 0.250. The summed E-state index contributed by atoms with van der Waals surface area (Å²) in [7, 11) is 0. The van der Waals surface area contributed by atoms with E-state index in [2.05, 4.69) is 30.8 Å². The number of anilines is 1. The molecular formula is C16H18N6O2S. The number of thioether (sulfide) groups is 1. The van der Waals surface area contributed by atoms with E-state index in [1.54, 1.807) is 24.5 Å². The molecule has 0 bridgehead atoms. The lowest BCUT2D eigenvalue weighted by Gasteiger charge is -2.09. The minimum absolute atomic E-state index is 0.232. The van der Waals surface area contributed by atoms with Gasteiger partial charge in [-0.3, -0.25) is 14.9 Å². The number of hydrogen-bond donors (Lipinski definition) is 3. The van der Waals surface area contributed by atoms with E-state index < -0.39 is 0 Å². The molecule has 0 fully saturated rings. The molecule has 9 heteroatoms. The molecule has 3 aromatic heterocycles. The molecule has 0 atom stereocenters. The number of pyridine rings is 1. The lowest BCUT2D eigenvalue weighted by atomic mass is 10.2. The standard InChI is InChI=1S/C16H18N6O2S/c1-11-8-17-5-4-13(11)18-6-7-19-15(23)14-3-2-12(24-14)9-25-16-20-10-21-22-16/h2-5,8,10H,6-7,9H2,1H3,(H,17,18)(H,19,23)(H,20,21,22). The number of amides is 1. The van der Waals surface area contributed by atoms with Crippen LogP contribution in [0.2, 0.25) is 0 Å². The van der Waals surface area contributed by atoms with Gasteiger partial charge in [-0.2, -0.15) is 5.10 Å². The fourth-order valence-corrected chi connectivity index (χ4v) is 2.79. The van der Waals surface area contributed by atoms with Crippen LogP contribution in [0.5, 0.6) is 0 Å². The molecule has 130 valence electrons. The highest BCUT2D eigenvalue weighted by molar-refractivity contribution is 7.98. The number of furan rings is 1. The Kier molecular flexibility index (Phi) is 5.68. The van der Waals surface area contributed by atoms with Crippen molar-refractivity contribution in [1.29, 1.82) is 0 Å². The second-order valence-corrected chi connectivity index (χ2v) is 6.18. The maximum absolute atomic E-state index is 12.1. The summed E-state index contributed by atoms with van der Waals surface area (Å²) < 4.78 is 5.55. The van der Waals surface area contributed by atoms with Crippen molar-refractivity contribution in [3.05, 3.63) is 54.0 Å². The van der Waals surface area contributed by atoms with E-state index in [9.17, 15) is 4.79 Å². The summed E-state index contributed by atoms with van der Waals surface area (Å²) in [6, 6.07) is 5.37. The van der Waals surface area contributed by atoms with E-state index in [-0.39, 0.29) is 5.91 Å². The van der Waals surface area contributed by atoms with Crippen molar-refractivity contribution in [2.75, 3.05) is 18.4 Å². The van der Waals surface area contributed by atoms with Crippen molar-refractivity contribution in [1.82, 2.24) is 25.5 Å². The van der Waals surface area contributed by atoms with Crippen molar-refractivity contribution >= 4 is 23.4 Å². The number of nitrogens with zero attached hydrogens (tertiary/aromatic N) is 3. The van der Waals surface area contributed by atoms with E-state index in [4.69, 9.17) is 4.42 Å². The predicted octanol–water partition coefficient (Wildman–Crippen LogP) is 2.24. The van der Waals surface area contributed by atoms with E-state index in [0.29, 0.717) is 35.5 Å². The number of carbonyl (C=O) groups is 1. The van der Waals surface area contributed by atoms with Gasteiger partial charge in [0.2, 0.25) is 0 Å². The number of nitrogens with one attached hydrogen (secondary N) is 3. The smallest absolute Gasteiger partial charge is 0.287 e. The molecule has 0 aromatic carbocycles. The topological polar surface area (TPSA) is 109 Å². The number of H-pyrrole nitrogens is 1. The third-order valence-corrected chi connectivity index (χ3v) is 4.27. The zero-order valence-corrected chi connectivity index (χ0v) is 14.5. The summed E-state index contributed by atoms with van der Waals surface area (Å²) >= 11 is 1.46. The van der Waals surface area contributed by atoms with Gasteiger partial charge in [0.15, 0.2) is 10.9 Å². The summed E-state index contributed by atoms with van der Waals surface area (Å²) in [6.07, 6.45) is 4.97. The first kappa shape index (κ1) is 17.0. The number of aryl methyl sites for hydroxylation is 1. The van der Waals surface area contributed by atoms with E-state index in [1.807, 2.05) is 13.0 Å². The summed E-state index contributed by atoms with van der Waals surface area (Å²) in [5.41, 5.74) is 2.07. The monoisotopic (exact) mass is 358 g/mol. The maximum atomic E-state index is 12.1. The quantitative estimate of drug-likeness (QED) is 0.418. The average molecular weight is 358 g/mol. The molecular weight excluding hydrogens is 340 g/mol. The molecule has 0 saturated heterocycles. The van der Waals surface area contributed by atoms with Gasteiger partial charge in [-0.1, -0.05) is 11.8 Å². The highest BCUT2D eigenvalue weighted by atomic mass is 32.2. The third kappa shape index (κ3) is 4.83. The zero-order chi connectivity index (χ0) is 17.5. The minimum atomic E-state index is -0.232. The maximum Gasteiger partial charge on any atom is 0.287 e. The van der Waals surface area contributed by atoms with Crippen LogP contribution >= 0.6 is 11.8 Å². The van der Waals surface area contributed by atoms with Gasteiger partial charge in [-0.05, 0) is 30.7 Å². The molecule has 0 aliphatic carbocycles. The molecule has 0 aliphatic rings. The number of hydrogen-bond acceptors (Lipinski definition) is 7. The molecule has 3 heterocycles. The van der Waals surface area contributed by atoms with Gasteiger partial charge >= 0.3 is 0 Å². The second-order valence-electron chi connectivity index (χ2n) is 5.22. The van der Waals surface area contributed by atoms with Crippen LogP contribution in [-0.4, -0.2) is 39.2 Å². The van der Waals surface area contributed by atoms with Crippen LogP contribution in [0.15, 0.2) is 46.5 Å². The summed E-state index contributed by atoms with van der Waals surface area (Å²) in [5.74, 6) is 1.35. The minimum Gasteiger partial charge on any atom is -0.455 e. The van der Waals surface area contributed by atoms with Crippen LogP contribution in [0.4, 0.5) is 5.69 Å². The number of aromatic nitrogens is 4. The van der Waals surface area contributed by atoms with Gasteiger partial charge in [0.05, 0.1) is 5.75 Å². The second kappa shape index (κ2) is 8.34. The summed E-state index contributed by atoms with van der Waals surface area (Å²) in [6.45, 7) is 3.09. The van der Waals surface area contributed by atoms with Crippen molar-refractivity contribution < 1.29 is 9.21 Å². The van der Waals surface area contributed by atoms with E-state index >= 15 is 0 Å². The van der Waals surface area contributed by atoms with Crippen LogP contribution in [-0.2, 0) is 5.75 Å². The Labute approximate surface area is 148 Å². The Balaban J connectivity index is 1.41. The Morgan fingerprint density at radius 3 is 3.04 bits per heavy atom. The van der Waals surface area contributed by atoms with Crippen LogP contribution in [0.1, 0.15) is 21.9 Å². The first-order valence-electron chi connectivity index (χ1n) is 7.72. The molecule has 8 nitrogen and oxygen atoms in total. The molecule has 3 rings (SSSR count). The summed E-state index contributed by atoms with van der Waals surface area (Å²) in [4.78, 5) is 20.2. The SMILES string of the molecule is Cc1cnccc1NCCNC(=O)c1ccc(CSc2ncn[nH]2)o1. The van der Waals surface area contributed by atoms with Crippen LogP contribution in [0.3, 0.4) is 0 Å². The Bertz CT molecular complexity index is 818. The normalized spacial score (nSPS) is 10.6. The Hall–Kier alpha value is -2.81. The molecule has 0 spiro atoms. The van der Waals surface area contributed by atoms with Crippen molar-refractivity contribution in [2.45, 2.75) is 17.8 Å². The van der Waals surface area contributed by atoms with Crippen molar-refractivity contribution in [2.24, 2.45) is 0 Å². The Morgan fingerprint density at radius 1 is 1.32 bits per heavy atom. The first-order chi connectivity index (χ1) is 12.2. The van der Waals surface area contributed by atoms with Crippen LogP contribution in [0.25, 0.3) is 0 Å². The first-order valence-corrected chi connectivity index (χ1v) is 8.70. The van der Waals surface area contributed by atoms with Gasteiger partial charge in [-0.15, -0.1) is 0 Å². The molecule has 0 aliphatic heterocycles. The fourth-order valence-electron chi connectivity index (χ4n) is 2.11. The number of aromatic amines is 1. The highest BCUT2D eigenvalue weighted by Gasteiger charge is 2.11. The van der Waals surface area contributed by atoms with Gasteiger partial charge in [-0.25, -0.2) is 4.98 Å². The molecule has 0 radical (unpaired) electrons. The predicted molar refractivity (Wildman–Crippen MR) is 94.4 cm³/mol. The molecule has 0 saturated carbocycles. The van der Waals surface area contributed by atoms with Crippen LogP contribution < -0.4 is 10.6 Å². The molecule has 3 N–H and O–H groups in total. The largest absolute Gasteiger partial charge is 0.455 e. The van der Waals surface area contributed by atoms with Crippen molar-refractivity contribution in [3.8, 4) is 0 Å². The molecule has 1 amide bonds. The van der Waals surface area contributed by atoms with Gasteiger partial charge < -0.3 is 15.1 Å². The van der Waals surface area contributed by atoms with Gasteiger partial charge in [0.25, 0.3) is 5.91 Å².